The van der Waals surface area contributed by atoms with Gasteiger partial charge in [0.2, 0.25) is 0 Å². The number of nitrogens with zero attached hydrogens (tertiary/aromatic N) is 1. The van der Waals surface area contributed by atoms with Crippen molar-refractivity contribution < 1.29 is 19.4 Å². The van der Waals surface area contributed by atoms with Gasteiger partial charge in [0.25, 0.3) is 0 Å². The van der Waals surface area contributed by atoms with Gasteiger partial charge < -0.3 is 14.7 Å². The molecule has 0 aromatic heterocycles. The fourth-order valence-corrected chi connectivity index (χ4v) is 1.89. The monoisotopic (exact) mass is 229 g/mol. The highest BCUT2D eigenvalue weighted by Gasteiger charge is 2.45. The van der Waals surface area contributed by atoms with E-state index in [1.165, 1.54) is 4.90 Å². The number of carbonyl (C=O) groups is 2. The number of carboxylic acids is 1. The van der Waals surface area contributed by atoms with Crippen molar-refractivity contribution >= 4 is 12.1 Å². The molecule has 0 radical (unpaired) electrons. The van der Waals surface area contributed by atoms with E-state index in [1.54, 1.807) is 0 Å². The number of amides is 1. The second kappa shape index (κ2) is 5.72. The maximum absolute atomic E-state index is 11.5. The van der Waals surface area contributed by atoms with Crippen LogP contribution in [0.2, 0.25) is 0 Å². The number of likely N-dealkylation sites (tertiary alicyclic amines) is 1. The lowest BCUT2D eigenvalue weighted by molar-refractivity contribution is -0.151. The molecule has 0 aromatic rings. The summed E-state index contributed by atoms with van der Waals surface area (Å²) in [5.41, 5.74) is 0. The van der Waals surface area contributed by atoms with Crippen LogP contribution in [0.4, 0.5) is 4.79 Å². The Bertz CT molecular complexity index is 267. The van der Waals surface area contributed by atoms with Gasteiger partial charge in [-0.1, -0.05) is 20.3 Å². The Morgan fingerprint density at radius 3 is 2.62 bits per heavy atom. The van der Waals surface area contributed by atoms with Gasteiger partial charge >= 0.3 is 12.1 Å². The Hall–Kier alpha value is -1.26. The first-order valence-corrected chi connectivity index (χ1v) is 5.78. The van der Waals surface area contributed by atoms with Crippen LogP contribution >= 0.6 is 0 Å². The number of unbranched alkanes of at least 4 members (excludes halogenated alkanes) is 1. The van der Waals surface area contributed by atoms with Crippen molar-refractivity contribution in [1.82, 2.24) is 4.90 Å². The molecule has 0 bridgehead atoms. The van der Waals surface area contributed by atoms with E-state index in [9.17, 15) is 9.59 Å². The van der Waals surface area contributed by atoms with Crippen molar-refractivity contribution in [2.45, 2.75) is 39.2 Å². The lowest BCUT2D eigenvalue weighted by Crippen LogP contribution is -2.61. The minimum Gasteiger partial charge on any atom is -0.481 e. The molecule has 16 heavy (non-hydrogen) atoms. The van der Waals surface area contributed by atoms with Crippen LogP contribution in [0.5, 0.6) is 0 Å². The molecule has 0 saturated carbocycles. The average Bonchev–Trinajstić information content (AvgIpc) is 2.16. The third-order valence-corrected chi connectivity index (χ3v) is 2.95. The number of ether oxygens (including phenoxy) is 1. The molecule has 1 saturated heterocycles. The summed E-state index contributed by atoms with van der Waals surface area (Å²) in [5.74, 6) is -1.26. The van der Waals surface area contributed by atoms with Gasteiger partial charge in [-0.3, -0.25) is 4.79 Å². The zero-order valence-corrected chi connectivity index (χ0v) is 9.81. The topological polar surface area (TPSA) is 66.8 Å². The number of hydrogen-bond donors (Lipinski definition) is 1. The molecular weight excluding hydrogens is 210 g/mol. The highest BCUT2D eigenvalue weighted by atomic mass is 16.6. The van der Waals surface area contributed by atoms with E-state index in [0.717, 1.165) is 12.8 Å². The normalized spacial score (nSPS) is 23.8. The van der Waals surface area contributed by atoms with Gasteiger partial charge in [0.15, 0.2) is 0 Å². The van der Waals surface area contributed by atoms with Crippen LogP contribution in [0.3, 0.4) is 0 Å². The Kier molecular flexibility index (Phi) is 4.58. The number of hydrogen-bond acceptors (Lipinski definition) is 3. The van der Waals surface area contributed by atoms with E-state index in [-0.39, 0.29) is 18.7 Å². The maximum Gasteiger partial charge on any atom is 0.410 e. The molecule has 1 N–H and O–H groups in total. The average molecular weight is 229 g/mol. The van der Waals surface area contributed by atoms with Crippen molar-refractivity contribution in [3.05, 3.63) is 0 Å². The molecule has 0 aromatic carbocycles. The van der Waals surface area contributed by atoms with Crippen LogP contribution in [0.15, 0.2) is 0 Å². The third kappa shape index (κ3) is 2.65. The minimum atomic E-state index is -0.829. The largest absolute Gasteiger partial charge is 0.481 e. The van der Waals surface area contributed by atoms with E-state index in [4.69, 9.17) is 9.84 Å². The molecule has 1 amide bonds. The summed E-state index contributed by atoms with van der Waals surface area (Å²) < 4.78 is 5.04. The van der Waals surface area contributed by atoms with E-state index in [2.05, 4.69) is 0 Å². The highest BCUT2D eigenvalue weighted by Crippen LogP contribution is 2.28. The Morgan fingerprint density at radius 2 is 2.12 bits per heavy atom. The van der Waals surface area contributed by atoms with E-state index in [1.807, 2.05) is 13.8 Å². The molecule has 5 heteroatoms. The predicted octanol–water partition coefficient (Wildman–Crippen LogP) is 1.72. The van der Waals surface area contributed by atoms with Crippen molar-refractivity contribution in [2.75, 3.05) is 13.2 Å². The van der Waals surface area contributed by atoms with Gasteiger partial charge in [-0.2, -0.15) is 0 Å². The molecule has 1 heterocycles. The lowest BCUT2D eigenvalue weighted by atomic mass is 9.87. The van der Waals surface area contributed by atoms with Crippen molar-refractivity contribution in [2.24, 2.45) is 5.92 Å². The quantitative estimate of drug-likeness (QED) is 0.729. The van der Waals surface area contributed by atoms with Crippen molar-refractivity contribution in [1.29, 1.82) is 0 Å². The van der Waals surface area contributed by atoms with Crippen molar-refractivity contribution in [3.8, 4) is 0 Å². The lowest BCUT2D eigenvalue weighted by Gasteiger charge is -2.44. The highest BCUT2D eigenvalue weighted by molar-refractivity contribution is 5.77. The van der Waals surface area contributed by atoms with Gasteiger partial charge in [-0.15, -0.1) is 0 Å². The van der Waals surface area contributed by atoms with E-state index in [0.29, 0.717) is 13.0 Å². The molecule has 5 nitrogen and oxygen atoms in total. The Labute approximate surface area is 95.4 Å². The molecule has 0 spiro atoms. The summed E-state index contributed by atoms with van der Waals surface area (Å²) in [6.07, 6.45) is 2.10. The van der Waals surface area contributed by atoms with Crippen LogP contribution in [-0.2, 0) is 9.53 Å². The molecule has 1 aliphatic rings. The van der Waals surface area contributed by atoms with Gasteiger partial charge in [0.05, 0.1) is 12.5 Å². The first kappa shape index (κ1) is 12.8. The van der Waals surface area contributed by atoms with Crippen LogP contribution in [0, 0.1) is 5.92 Å². The molecule has 92 valence electrons. The van der Waals surface area contributed by atoms with E-state index < -0.39 is 11.9 Å². The summed E-state index contributed by atoms with van der Waals surface area (Å²) in [6, 6.07) is -0.202. The smallest absolute Gasteiger partial charge is 0.410 e. The second-order valence-corrected chi connectivity index (χ2v) is 4.04. The summed E-state index contributed by atoms with van der Waals surface area (Å²) >= 11 is 0. The van der Waals surface area contributed by atoms with Gasteiger partial charge in [0, 0.05) is 12.6 Å². The molecule has 0 aliphatic carbocycles. The van der Waals surface area contributed by atoms with Crippen molar-refractivity contribution in [3.63, 3.8) is 0 Å². The number of rotatable bonds is 5. The summed E-state index contributed by atoms with van der Waals surface area (Å²) in [7, 11) is 0. The standard InChI is InChI=1S/C11H19NO4/c1-3-5-6-16-11(15)12-7-8(10(13)14)9(12)4-2/h8-9H,3-7H2,1-2H3,(H,13,14). The SMILES string of the molecule is CCCCOC(=O)N1CC(C(=O)O)C1CC. The third-order valence-electron chi connectivity index (χ3n) is 2.95. The fourth-order valence-electron chi connectivity index (χ4n) is 1.89. The molecule has 1 fully saturated rings. The Morgan fingerprint density at radius 1 is 1.44 bits per heavy atom. The van der Waals surface area contributed by atoms with Crippen LogP contribution < -0.4 is 0 Å². The number of aliphatic carboxylic acids is 1. The van der Waals surface area contributed by atoms with Crippen LogP contribution in [-0.4, -0.2) is 41.3 Å². The van der Waals surface area contributed by atoms with Crippen LogP contribution in [0.25, 0.3) is 0 Å². The second-order valence-electron chi connectivity index (χ2n) is 4.04. The van der Waals surface area contributed by atoms with E-state index >= 15 is 0 Å². The Balaban J connectivity index is 2.38. The van der Waals surface area contributed by atoms with Gasteiger partial charge in [-0.25, -0.2) is 4.79 Å². The summed E-state index contributed by atoms with van der Waals surface area (Å²) in [6.45, 7) is 4.59. The number of carbonyl (C=O) groups excluding carboxylic acids is 1. The molecule has 1 rings (SSSR count). The summed E-state index contributed by atoms with van der Waals surface area (Å²) in [4.78, 5) is 23.9. The molecule has 2 atom stereocenters. The number of carboxylic acid groups (broad SMARTS) is 1. The maximum atomic E-state index is 11.5. The fraction of sp³-hybridized carbons (Fsp3) is 0.818. The van der Waals surface area contributed by atoms with Gasteiger partial charge in [-0.05, 0) is 12.8 Å². The molecule has 2 unspecified atom stereocenters. The summed E-state index contributed by atoms with van der Waals surface area (Å²) in [5, 5.41) is 8.87. The zero-order chi connectivity index (χ0) is 12.1. The molecule has 1 aliphatic heterocycles. The first-order valence-electron chi connectivity index (χ1n) is 5.78. The zero-order valence-electron chi connectivity index (χ0n) is 9.81. The molecular formula is C11H19NO4. The van der Waals surface area contributed by atoms with Crippen LogP contribution in [0.1, 0.15) is 33.1 Å². The minimum absolute atomic E-state index is 0.202. The predicted molar refractivity (Wildman–Crippen MR) is 58.2 cm³/mol. The van der Waals surface area contributed by atoms with Gasteiger partial charge in [0.1, 0.15) is 0 Å². The first-order chi connectivity index (χ1) is 7.61.